The summed E-state index contributed by atoms with van der Waals surface area (Å²) < 4.78 is 17.4. The number of aryl methyl sites for hydroxylation is 1. The van der Waals surface area contributed by atoms with E-state index < -0.39 is 10.8 Å². The molecule has 3 nitrogen and oxygen atoms in total. The molecule has 0 aliphatic heterocycles. The van der Waals surface area contributed by atoms with Gasteiger partial charge < -0.3 is 10.5 Å². The van der Waals surface area contributed by atoms with Crippen molar-refractivity contribution < 1.29 is 8.95 Å². The second kappa shape index (κ2) is 7.45. The number of benzene rings is 1. The van der Waals surface area contributed by atoms with Crippen molar-refractivity contribution in [3.8, 4) is 0 Å². The normalized spacial score (nSPS) is 12.6. The van der Waals surface area contributed by atoms with Gasteiger partial charge >= 0.3 is 0 Å². The van der Waals surface area contributed by atoms with E-state index >= 15 is 0 Å². The largest absolute Gasteiger partial charge is 0.398 e. The highest BCUT2D eigenvalue weighted by Crippen LogP contribution is 2.20. The van der Waals surface area contributed by atoms with E-state index in [4.69, 9.17) is 10.5 Å². The lowest BCUT2D eigenvalue weighted by Gasteiger charge is -2.08. The first kappa shape index (κ1) is 14.2. The highest BCUT2D eigenvalue weighted by atomic mass is 32.2. The number of unbranched alkanes of at least 4 members (excludes halogenated alkanes) is 1. The lowest BCUT2D eigenvalue weighted by atomic mass is 10.2. The Labute approximate surface area is 106 Å². The summed E-state index contributed by atoms with van der Waals surface area (Å²) in [4.78, 5) is 0.726. The number of para-hydroxylation sites is 1. The van der Waals surface area contributed by atoms with E-state index in [0.29, 0.717) is 18.0 Å². The fraction of sp³-hybridized carbons (Fsp3) is 0.538. The third-order valence-electron chi connectivity index (χ3n) is 2.58. The zero-order valence-electron chi connectivity index (χ0n) is 10.6. The molecule has 1 rings (SSSR count). The van der Waals surface area contributed by atoms with E-state index in [0.717, 1.165) is 29.9 Å². The minimum Gasteiger partial charge on any atom is -0.398 e. The molecule has 2 N–H and O–H groups in total. The molecule has 0 heterocycles. The van der Waals surface area contributed by atoms with Gasteiger partial charge in [0.1, 0.15) is 0 Å². The second-order valence-corrected chi connectivity index (χ2v) is 5.54. The number of hydrogen-bond acceptors (Lipinski definition) is 3. The maximum Gasteiger partial charge on any atom is 0.0620 e. The first-order valence-electron chi connectivity index (χ1n) is 5.98. The quantitative estimate of drug-likeness (QED) is 0.601. The summed E-state index contributed by atoms with van der Waals surface area (Å²) in [5.74, 6) is 0.511. The molecule has 0 bridgehead atoms. The predicted octanol–water partition coefficient (Wildman–Crippen LogP) is 2.50. The van der Waals surface area contributed by atoms with Gasteiger partial charge in [-0.3, -0.25) is 4.21 Å². The van der Waals surface area contributed by atoms with Crippen molar-refractivity contribution in [1.29, 1.82) is 0 Å². The number of nitrogens with two attached hydrogens (primary N) is 1. The van der Waals surface area contributed by atoms with Gasteiger partial charge in [-0.1, -0.05) is 25.5 Å². The average Bonchev–Trinajstić information content (AvgIpc) is 2.32. The summed E-state index contributed by atoms with van der Waals surface area (Å²) in [5.41, 5.74) is 7.51. The summed E-state index contributed by atoms with van der Waals surface area (Å²) in [6.45, 7) is 5.32. The molecule has 96 valence electrons. The molecule has 0 spiro atoms. The molecule has 0 aromatic heterocycles. The molecular weight excluding hydrogens is 234 g/mol. The lowest BCUT2D eigenvalue weighted by molar-refractivity contribution is 0.146. The standard InChI is InChI=1S/C13H21NO2S/c1-3-4-8-16-9-10-17(15)12-7-5-6-11(2)13(12)14/h5-7H,3-4,8-10,14H2,1-2H3. The smallest absolute Gasteiger partial charge is 0.0620 e. The summed E-state index contributed by atoms with van der Waals surface area (Å²) >= 11 is 0. The SMILES string of the molecule is CCCCOCCS(=O)c1cccc(C)c1N. The van der Waals surface area contributed by atoms with E-state index in [2.05, 4.69) is 6.92 Å². The monoisotopic (exact) mass is 255 g/mol. The first-order chi connectivity index (χ1) is 8.16. The van der Waals surface area contributed by atoms with Crippen molar-refractivity contribution in [3.63, 3.8) is 0 Å². The molecule has 1 atom stereocenters. The Balaban J connectivity index is 2.44. The van der Waals surface area contributed by atoms with Crippen LogP contribution in [0.5, 0.6) is 0 Å². The minimum atomic E-state index is -1.06. The Bertz CT molecular complexity index is 380. The van der Waals surface area contributed by atoms with Gasteiger partial charge in [0.25, 0.3) is 0 Å². The van der Waals surface area contributed by atoms with E-state index in [1.165, 1.54) is 0 Å². The Hall–Kier alpha value is -0.870. The molecule has 4 heteroatoms. The Morgan fingerprint density at radius 2 is 2.12 bits per heavy atom. The van der Waals surface area contributed by atoms with Crippen LogP contribution < -0.4 is 5.73 Å². The summed E-state index contributed by atoms with van der Waals surface area (Å²) in [6.07, 6.45) is 2.17. The highest BCUT2D eigenvalue weighted by Gasteiger charge is 2.08. The van der Waals surface area contributed by atoms with Crippen molar-refractivity contribution in [1.82, 2.24) is 0 Å². The topological polar surface area (TPSA) is 52.3 Å². The predicted molar refractivity (Wildman–Crippen MR) is 72.6 cm³/mol. The van der Waals surface area contributed by atoms with Gasteiger partial charge in [-0.15, -0.1) is 0 Å². The van der Waals surface area contributed by atoms with Crippen LogP contribution >= 0.6 is 0 Å². The van der Waals surface area contributed by atoms with Crippen LogP contribution in [-0.2, 0) is 15.5 Å². The molecule has 0 aliphatic rings. The van der Waals surface area contributed by atoms with Gasteiger partial charge in [0.2, 0.25) is 0 Å². The van der Waals surface area contributed by atoms with E-state index in [1.807, 2.05) is 25.1 Å². The molecule has 1 aromatic rings. The maximum absolute atomic E-state index is 12.0. The summed E-state index contributed by atoms with van der Waals surface area (Å²) in [6, 6.07) is 5.63. The first-order valence-corrected chi connectivity index (χ1v) is 7.30. The molecular formula is C13H21NO2S. The Morgan fingerprint density at radius 3 is 2.82 bits per heavy atom. The lowest BCUT2D eigenvalue weighted by Crippen LogP contribution is -2.09. The van der Waals surface area contributed by atoms with Crippen molar-refractivity contribution in [2.24, 2.45) is 0 Å². The minimum absolute atomic E-state index is 0.511. The van der Waals surface area contributed by atoms with Gasteiger partial charge in [-0.25, -0.2) is 0 Å². The summed E-state index contributed by atoms with van der Waals surface area (Å²) in [5, 5.41) is 0. The molecule has 0 amide bonds. The Kier molecular flexibility index (Phi) is 6.22. The van der Waals surface area contributed by atoms with Crippen LogP contribution in [0.1, 0.15) is 25.3 Å². The molecule has 1 unspecified atom stereocenters. The van der Waals surface area contributed by atoms with Crippen molar-refractivity contribution >= 4 is 16.5 Å². The van der Waals surface area contributed by atoms with Crippen molar-refractivity contribution in [2.45, 2.75) is 31.6 Å². The van der Waals surface area contributed by atoms with Crippen LogP contribution in [0.2, 0.25) is 0 Å². The van der Waals surface area contributed by atoms with Crippen LogP contribution in [0.15, 0.2) is 23.1 Å². The van der Waals surface area contributed by atoms with E-state index in [1.54, 1.807) is 0 Å². The third kappa shape index (κ3) is 4.48. The second-order valence-electron chi connectivity index (χ2n) is 4.00. The van der Waals surface area contributed by atoms with Gasteiger partial charge in [0.05, 0.1) is 33.7 Å². The molecule has 1 aromatic carbocycles. The molecule has 0 fully saturated rings. The number of ether oxygens (including phenoxy) is 1. The van der Waals surface area contributed by atoms with Gasteiger partial charge in [-0.2, -0.15) is 0 Å². The van der Waals surface area contributed by atoms with Gasteiger partial charge in [-0.05, 0) is 25.0 Å². The highest BCUT2D eigenvalue weighted by molar-refractivity contribution is 7.85. The zero-order valence-corrected chi connectivity index (χ0v) is 11.4. The maximum atomic E-state index is 12.0. The van der Waals surface area contributed by atoms with Crippen molar-refractivity contribution in [2.75, 3.05) is 24.7 Å². The Morgan fingerprint density at radius 1 is 1.35 bits per heavy atom. The molecule has 0 radical (unpaired) electrons. The van der Waals surface area contributed by atoms with Crippen LogP contribution in [0.4, 0.5) is 5.69 Å². The molecule has 0 aliphatic carbocycles. The van der Waals surface area contributed by atoms with Crippen molar-refractivity contribution in [3.05, 3.63) is 23.8 Å². The van der Waals surface area contributed by atoms with Gasteiger partial charge in [0.15, 0.2) is 0 Å². The van der Waals surface area contributed by atoms with E-state index in [9.17, 15) is 4.21 Å². The fourth-order valence-corrected chi connectivity index (χ4v) is 2.57. The molecule has 0 saturated carbocycles. The number of rotatable bonds is 7. The van der Waals surface area contributed by atoms with Crippen LogP contribution in [0.25, 0.3) is 0 Å². The third-order valence-corrected chi connectivity index (χ3v) is 3.97. The van der Waals surface area contributed by atoms with Crippen LogP contribution in [-0.4, -0.2) is 23.2 Å². The average molecular weight is 255 g/mol. The summed E-state index contributed by atoms with van der Waals surface area (Å²) in [7, 11) is -1.06. The van der Waals surface area contributed by atoms with E-state index in [-0.39, 0.29) is 0 Å². The van der Waals surface area contributed by atoms with Crippen LogP contribution in [0, 0.1) is 6.92 Å². The zero-order chi connectivity index (χ0) is 12.7. The molecule has 0 saturated heterocycles. The number of hydrogen-bond donors (Lipinski definition) is 1. The number of anilines is 1. The molecule has 17 heavy (non-hydrogen) atoms. The fourth-order valence-electron chi connectivity index (χ4n) is 1.45. The van der Waals surface area contributed by atoms with Gasteiger partial charge in [0, 0.05) is 6.61 Å². The number of nitrogen functional groups attached to an aromatic ring is 1. The van der Waals surface area contributed by atoms with Crippen LogP contribution in [0.3, 0.4) is 0 Å².